The number of ether oxygens (including phenoxy) is 1. The molecular formula is C8H8O2. The molecule has 0 unspecified atom stereocenters. The SMILES string of the molecule is OCCOc1[c]cc[c]c1. The fraction of sp³-hybridized carbons (Fsp3) is 0.250. The summed E-state index contributed by atoms with van der Waals surface area (Å²) in [6, 6.07) is 10.8. The number of hydrogen-bond acceptors (Lipinski definition) is 2. The molecule has 0 atom stereocenters. The Kier molecular flexibility index (Phi) is 2.77. The van der Waals surface area contributed by atoms with Crippen molar-refractivity contribution in [3.8, 4) is 5.75 Å². The predicted molar refractivity (Wildman–Crippen MR) is 36.7 cm³/mol. The highest BCUT2D eigenvalue weighted by Crippen LogP contribution is 2.05. The molecule has 10 heavy (non-hydrogen) atoms. The van der Waals surface area contributed by atoms with Gasteiger partial charge in [-0.05, 0) is 18.2 Å². The Balaban J connectivity index is 2.43. The van der Waals surface area contributed by atoms with Crippen LogP contribution in [0.25, 0.3) is 0 Å². The van der Waals surface area contributed by atoms with Crippen molar-refractivity contribution < 1.29 is 9.84 Å². The molecule has 2 nitrogen and oxygen atoms in total. The summed E-state index contributed by atoms with van der Waals surface area (Å²) in [4.78, 5) is 0. The summed E-state index contributed by atoms with van der Waals surface area (Å²) >= 11 is 0. The Morgan fingerprint density at radius 3 is 3.00 bits per heavy atom. The van der Waals surface area contributed by atoms with Gasteiger partial charge in [-0.1, -0.05) is 6.07 Å². The largest absolute Gasteiger partial charge is 0.491 e. The number of aliphatic hydroxyl groups excluding tert-OH is 1. The van der Waals surface area contributed by atoms with E-state index in [2.05, 4.69) is 12.1 Å². The molecule has 0 saturated carbocycles. The highest BCUT2D eigenvalue weighted by Gasteiger charge is 1.88. The highest BCUT2D eigenvalue weighted by molar-refractivity contribution is 5.18. The molecule has 0 bridgehead atoms. The molecule has 0 saturated heterocycles. The smallest absolute Gasteiger partial charge is 0.127 e. The molecule has 0 amide bonds. The highest BCUT2D eigenvalue weighted by atomic mass is 16.5. The number of hydrogen-bond donors (Lipinski definition) is 1. The minimum Gasteiger partial charge on any atom is -0.491 e. The summed E-state index contributed by atoms with van der Waals surface area (Å²) in [5.41, 5.74) is 0. The Labute approximate surface area is 60.1 Å². The van der Waals surface area contributed by atoms with Gasteiger partial charge in [0.15, 0.2) is 0 Å². The molecule has 52 valence electrons. The number of rotatable bonds is 3. The van der Waals surface area contributed by atoms with E-state index in [1.165, 1.54) is 0 Å². The van der Waals surface area contributed by atoms with Gasteiger partial charge in [0, 0.05) is 6.07 Å². The Morgan fingerprint density at radius 1 is 1.50 bits per heavy atom. The van der Waals surface area contributed by atoms with Crippen LogP contribution in [0.4, 0.5) is 0 Å². The van der Waals surface area contributed by atoms with Crippen LogP contribution in [0.15, 0.2) is 18.2 Å². The van der Waals surface area contributed by atoms with Crippen molar-refractivity contribution in [2.45, 2.75) is 0 Å². The van der Waals surface area contributed by atoms with Gasteiger partial charge < -0.3 is 9.84 Å². The molecule has 1 aromatic rings. The maximum absolute atomic E-state index is 8.38. The fourth-order valence-corrected chi connectivity index (χ4v) is 0.576. The average molecular weight is 136 g/mol. The standard InChI is InChI=1S/C8H8O2/c9-6-7-10-8-4-2-1-3-5-8/h1-2,5,9H,6-7H2. The zero-order valence-corrected chi connectivity index (χ0v) is 5.50. The van der Waals surface area contributed by atoms with Crippen molar-refractivity contribution in [3.05, 3.63) is 30.3 Å². The van der Waals surface area contributed by atoms with Gasteiger partial charge in [-0.3, -0.25) is 0 Å². The van der Waals surface area contributed by atoms with Crippen molar-refractivity contribution in [1.82, 2.24) is 0 Å². The van der Waals surface area contributed by atoms with Crippen LogP contribution in [0, 0.1) is 12.1 Å². The van der Waals surface area contributed by atoms with Crippen molar-refractivity contribution in [2.75, 3.05) is 13.2 Å². The van der Waals surface area contributed by atoms with E-state index in [0.717, 1.165) is 0 Å². The van der Waals surface area contributed by atoms with E-state index in [0.29, 0.717) is 12.4 Å². The topological polar surface area (TPSA) is 29.5 Å². The Hall–Kier alpha value is -1.02. The summed E-state index contributed by atoms with van der Waals surface area (Å²) in [5.74, 6) is 0.622. The molecule has 0 aliphatic heterocycles. The van der Waals surface area contributed by atoms with Crippen LogP contribution in [0.2, 0.25) is 0 Å². The first kappa shape index (κ1) is 7.09. The molecule has 0 fully saturated rings. The van der Waals surface area contributed by atoms with Crippen LogP contribution in [0.5, 0.6) is 5.75 Å². The summed E-state index contributed by atoms with van der Waals surface area (Å²) in [6.45, 7) is 0.344. The lowest BCUT2D eigenvalue weighted by Crippen LogP contribution is -2.01. The first-order chi connectivity index (χ1) is 4.93. The molecular weight excluding hydrogens is 128 g/mol. The molecule has 2 heteroatoms. The van der Waals surface area contributed by atoms with E-state index in [1.54, 1.807) is 18.2 Å². The van der Waals surface area contributed by atoms with Gasteiger partial charge in [0.25, 0.3) is 0 Å². The molecule has 0 heterocycles. The van der Waals surface area contributed by atoms with Crippen LogP contribution in [-0.2, 0) is 0 Å². The maximum Gasteiger partial charge on any atom is 0.127 e. The summed E-state index contributed by atoms with van der Waals surface area (Å²) < 4.78 is 5.02. The van der Waals surface area contributed by atoms with Gasteiger partial charge in [-0.15, -0.1) is 0 Å². The second kappa shape index (κ2) is 3.90. The lowest BCUT2D eigenvalue weighted by Gasteiger charge is -2.00. The lowest BCUT2D eigenvalue weighted by atomic mass is 10.3. The predicted octanol–water partition coefficient (Wildman–Crippen LogP) is 0.658. The van der Waals surface area contributed by atoms with E-state index >= 15 is 0 Å². The summed E-state index contributed by atoms with van der Waals surface area (Å²) in [5, 5.41) is 8.38. The van der Waals surface area contributed by atoms with Crippen LogP contribution >= 0.6 is 0 Å². The van der Waals surface area contributed by atoms with Gasteiger partial charge in [0.1, 0.15) is 12.4 Å². The minimum absolute atomic E-state index is 0.0305. The number of benzene rings is 1. The summed E-state index contributed by atoms with van der Waals surface area (Å²) in [7, 11) is 0. The molecule has 0 spiro atoms. The van der Waals surface area contributed by atoms with Gasteiger partial charge >= 0.3 is 0 Å². The molecule has 1 rings (SSSR count). The second-order valence-electron chi connectivity index (χ2n) is 1.72. The molecule has 2 radical (unpaired) electrons. The second-order valence-corrected chi connectivity index (χ2v) is 1.72. The zero-order valence-electron chi connectivity index (χ0n) is 5.50. The Bertz CT molecular complexity index is 172. The lowest BCUT2D eigenvalue weighted by molar-refractivity contribution is 0.201. The third kappa shape index (κ3) is 2.07. The van der Waals surface area contributed by atoms with Crippen molar-refractivity contribution >= 4 is 0 Å². The molecule has 0 aliphatic rings. The normalized spacial score (nSPS) is 9.30. The van der Waals surface area contributed by atoms with E-state index in [4.69, 9.17) is 9.84 Å². The van der Waals surface area contributed by atoms with Crippen molar-refractivity contribution in [1.29, 1.82) is 0 Å². The first-order valence-electron chi connectivity index (χ1n) is 3.05. The quantitative estimate of drug-likeness (QED) is 0.661. The molecule has 0 aromatic heterocycles. The van der Waals surface area contributed by atoms with Crippen LogP contribution < -0.4 is 4.74 Å². The van der Waals surface area contributed by atoms with E-state index in [-0.39, 0.29) is 6.61 Å². The van der Waals surface area contributed by atoms with Crippen LogP contribution in [0.3, 0.4) is 0 Å². The zero-order chi connectivity index (χ0) is 7.23. The van der Waals surface area contributed by atoms with Gasteiger partial charge in [0.05, 0.1) is 6.61 Å². The van der Waals surface area contributed by atoms with E-state index < -0.39 is 0 Å². The van der Waals surface area contributed by atoms with Gasteiger partial charge in [-0.2, -0.15) is 0 Å². The summed E-state index contributed by atoms with van der Waals surface area (Å²) in [6.07, 6.45) is 0. The molecule has 1 aromatic carbocycles. The van der Waals surface area contributed by atoms with E-state index in [9.17, 15) is 0 Å². The number of aliphatic hydroxyl groups is 1. The van der Waals surface area contributed by atoms with Crippen molar-refractivity contribution in [3.63, 3.8) is 0 Å². The van der Waals surface area contributed by atoms with Crippen LogP contribution in [-0.4, -0.2) is 18.3 Å². The van der Waals surface area contributed by atoms with E-state index in [1.807, 2.05) is 0 Å². The van der Waals surface area contributed by atoms with Gasteiger partial charge in [-0.25, -0.2) is 0 Å². The maximum atomic E-state index is 8.38. The first-order valence-corrected chi connectivity index (χ1v) is 3.05. The Morgan fingerprint density at radius 2 is 2.40 bits per heavy atom. The molecule has 0 aliphatic carbocycles. The third-order valence-electron chi connectivity index (χ3n) is 0.968. The van der Waals surface area contributed by atoms with Crippen molar-refractivity contribution in [2.24, 2.45) is 0 Å². The van der Waals surface area contributed by atoms with Crippen LogP contribution in [0.1, 0.15) is 0 Å². The monoisotopic (exact) mass is 136 g/mol. The van der Waals surface area contributed by atoms with Gasteiger partial charge in [0.2, 0.25) is 0 Å². The fourth-order valence-electron chi connectivity index (χ4n) is 0.576. The third-order valence-corrected chi connectivity index (χ3v) is 0.968. The molecule has 1 N–H and O–H groups in total. The average Bonchev–Trinajstić information content (AvgIpc) is 2.03. The minimum atomic E-state index is 0.0305.